The molecular formula is C18H15N7O5. The molecule has 0 amide bonds. The number of hydrogen-bond acceptors (Lipinski definition) is 9. The molecule has 2 aromatic heterocycles. The number of non-ortho nitro benzene ring substituents is 1. The van der Waals surface area contributed by atoms with Gasteiger partial charge in [0.25, 0.3) is 16.9 Å². The Labute approximate surface area is 168 Å². The third kappa shape index (κ3) is 3.75. The predicted octanol–water partition coefficient (Wildman–Crippen LogP) is 1.60. The summed E-state index contributed by atoms with van der Waals surface area (Å²) in [5, 5.41) is 22.3. The van der Waals surface area contributed by atoms with Crippen LogP contribution in [-0.4, -0.2) is 41.2 Å². The first-order chi connectivity index (χ1) is 14.4. The van der Waals surface area contributed by atoms with Crippen LogP contribution in [0.5, 0.6) is 0 Å². The lowest BCUT2D eigenvalue weighted by Crippen LogP contribution is -2.35. The van der Waals surface area contributed by atoms with Crippen LogP contribution in [0.15, 0.2) is 41.7 Å². The number of nitrogens with zero attached hydrogens (tertiary/aromatic N) is 6. The Morgan fingerprint density at radius 3 is 2.60 bits per heavy atom. The maximum atomic E-state index is 12.5. The minimum atomic E-state index is -0.668. The molecule has 3 heterocycles. The molecule has 1 N–H and O–H groups in total. The first kappa shape index (κ1) is 19.3. The molecule has 12 nitrogen and oxygen atoms in total. The first-order valence-electron chi connectivity index (χ1n) is 8.94. The summed E-state index contributed by atoms with van der Waals surface area (Å²) >= 11 is 0. The minimum absolute atomic E-state index is 0.200. The minimum Gasteiger partial charge on any atom is -0.306 e. The number of benzene rings is 1. The van der Waals surface area contributed by atoms with E-state index in [0.29, 0.717) is 47.7 Å². The Hall–Kier alpha value is -4.06. The van der Waals surface area contributed by atoms with Gasteiger partial charge in [-0.25, -0.2) is 15.0 Å². The topological polar surface area (TPSA) is 161 Å². The van der Waals surface area contributed by atoms with Gasteiger partial charge in [-0.2, -0.15) is 0 Å². The van der Waals surface area contributed by atoms with E-state index in [1.807, 2.05) is 4.90 Å². The van der Waals surface area contributed by atoms with Gasteiger partial charge in [-0.1, -0.05) is 0 Å². The van der Waals surface area contributed by atoms with E-state index in [4.69, 9.17) is 0 Å². The second kappa shape index (κ2) is 7.75. The van der Waals surface area contributed by atoms with Gasteiger partial charge in [0.2, 0.25) is 0 Å². The van der Waals surface area contributed by atoms with Crippen molar-refractivity contribution in [1.29, 1.82) is 0 Å². The number of nitro benzene ring substituents is 2. The van der Waals surface area contributed by atoms with Gasteiger partial charge >= 0.3 is 0 Å². The van der Waals surface area contributed by atoms with Crippen LogP contribution in [0.3, 0.4) is 0 Å². The van der Waals surface area contributed by atoms with E-state index in [1.165, 1.54) is 18.5 Å². The highest BCUT2D eigenvalue weighted by atomic mass is 16.6. The van der Waals surface area contributed by atoms with E-state index in [-0.39, 0.29) is 23.5 Å². The molecule has 0 unspecified atom stereocenters. The summed E-state index contributed by atoms with van der Waals surface area (Å²) in [5.74, 6) is 0.350. The van der Waals surface area contributed by atoms with Crippen LogP contribution in [0.25, 0.3) is 11.4 Å². The summed E-state index contributed by atoms with van der Waals surface area (Å²) in [6.07, 6.45) is 4.89. The SMILES string of the molecule is O=c1[nH]c(-c2cncnc2)nc2c1CCN(Cc1ccc([N+](=O)[O-])cc1[N+](=O)[O-])C2. The maximum Gasteiger partial charge on any atom is 0.280 e. The molecule has 0 bridgehead atoms. The van der Waals surface area contributed by atoms with Crippen molar-refractivity contribution in [2.45, 2.75) is 19.5 Å². The number of rotatable bonds is 5. The Bertz CT molecular complexity index is 1200. The van der Waals surface area contributed by atoms with Crippen molar-refractivity contribution in [2.24, 2.45) is 0 Å². The van der Waals surface area contributed by atoms with Crippen LogP contribution in [0.2, 0.25) is 0 Å². The maximum absolute atomic E-state index is 12.5. The highest BCUT2D eigenvalue weighted by molar-refractivity contribution is 5.52. The van der Waals surface area contributed by atoms with E-state index in [9.17, 15) is 25.0 Å². The highest BCUT2D eigenvalue weighted by Gasteiger charge is 2.25. The average molecular weight is 409 g/mol. The molecule has 0 spiro atoms. The number of nitro groups is 2. The molecule has 3 aromatic rings. The number of aromatic nitrogens is 4. The lowest BCUT2D eigenvalue weighted by Gasteiger charge is -2.27. The van der Waals surface area contributed by atoms with E-state index >= 15 is 0 Å². The molecule has 152 valence electrons. The summed E-state index contributed by atoms with van der Waals surface area (Å²) in [4.78, 5) is 50.5. The van der Waals surface area contributed by atoms with Gasteiger partial charge in [-0.3, -0.25) is 29.9 Å². The fourth-order valence-electron chi connectivity index (χ4n) is 3.40. The Morgan fingerprint density at radius 1 is 1.13 bits per heavy atom. The molecule has 0 saturated heterocycles. The first-order valence-corrected chi connectivity index (χ1v) is 8.94. The molecule has 1 aliphatic heterocycles. The van der Waals surface area contributed by atoms with Crippen molar-refractivity contribution in [3.8, 4) is 11.4 Å². The fraction of sp³-hybridized carbons (Fsp3) is 0.222. The fourth-order valence-corrected chi connectivity index (χ4v) is 3.40. The average Bonchev–Trinajstić information content (AvgIpc) is 2.74. The van der Waals surface area contributed by atoms with Gasteiger partial charge in [0.05, 0.1) is 27.2 Å². The summed E-state index contributed by atoms with van der Waals surface area (Å²) < 4.78 is 0. The second-order valence-electron chi connectivity index (χ2n) is 6.75. The van der Waals surface area contributed by atoms with Crippen LogP contribution in [-0.2, 0) is 19.5 Å². The summed E-state index contributed by atoms with van der Waals surface area (Å²) in [7, 11) is 0. The van der Waals surface area contributed by atoms with Crippen LogP contribution in [0.1, 0.15) is 16.8 Å². The van der Waals surface area contributed by atoms with Gasteiger partial charge in [0.15, 0.2) is 0 Å². The quantitative estimate of drug-likeness (QED) is 0.487. The summed E-state index contributed by atoms with van der Waals surface area (Å²) in [6.45, 7) is 1.01. The van der Waals surface area contributed by atoms with Crippen molar-refractivity contribution in [1.82, 2.24) is 24.8 Å². The number of nitrogens with one attached hydrogen (secondary N) is 1. The number of fused-ring (bicyclic) bond motifs is 1. The molecular weight excluding hydrogens is 394 g/mol. The highest BCUT2D eigenvalue weighted by Crippen LogP contribution is 2.27. The normalized spacial score (nSPS) is 13.6. The van der Waals surface area contributed by atoms with Crippen LogP contribution in [0, 0.1) is 20.2 Å². The molecule has 12 heteroatoms. The second-order valence-corrected chi connectivity index (χ2v) is 6.75. The third-order valence-electron chi connectivity index (χ3n) is 4.86. The monoisotopic (exact) mass is 409 g/mol. The zero-order valence-corrected chi connectivity index (χ0v) is 15.5. The Kier molecular flexibility index (Phi) is 4.98. The molecule has 0 atom stereocenters. The van der Waals surface area contributed by atoms with Crippen molar-refractivity contribution < 1.29 is 9.85 Å². The van der Waals surface area contributed by atoms with Gasteiger partial charge < -0.3 is 4.98 Å². The predicted molar refractivity (Wildman–Crippen MR) is 103 cm³/mol. The molecule has 4 rings (SSSR count). The van der Waals surface area contributed by atoms with Crippen LogP contribution in [0.4, 0.5) is 11.4 Å². The smallest absolute Gasteiger partial charge is 0.280 e. The molecule has 30 heavy (non-hydrogen) atoms. The van der Waals surface area contributed by atoms with Gasteiger partial charge in [-0.05, 0) is 12.5 Å². The lowest BCUT2D eigenvalue weighted by molar-refractivity contribution is -0.394. The molecule has 0 aliphatic carbocycles. The van der Waals surface area contributed by atoms with Gasteiger partial charge in [-0.15, -0.1) is 0 Å². The third-order valence-corrected chi connectivity index (χ3v) is 4.86. The van der Waals surface area contributed by atoms with Crippen molar-refractivity contribution in [3.63, 3.8) is 0 Å². The molecule has 0 saturated carbocycles. The van der Waals surface area contributed by atoms with E-state index < -0.39 is 9.85 Å². The lowest BCUT2D eigenvalue weighted by atomic mass is 10.0. The summed E-state index contributed by atoms with van der Waals surface area (Å²) in [6, 6.07) is 3.60. The van der Waals surface area contributed by atoms with Crippen LogP contribution >= 0.6 is 0 Å². The molecule has 0 radical (unpaired) electrons. The van der Waals surface area contributed by atoms with Crippen molar-refractivity contribution >= 4 is 11.4 Å². The Balaban J connectivity index is 1.62. The van der Waals surface area contributed by atoms with E-state index in [2.05, 4.69) is 19.9 Å². The molecule has 0 fully saturated rings. The zero-order chi connectivity index (χ0) is 21.3. The number of hydrogen-bond donors (Lipinski definition) is 1. The summed E-state index contributed by atoms with van der Waals surface area (Å²) in [5.41, 5.74) is 1.20. The largest absolute Gasteiger partial charge is 0.306 e. The number of aromatic amines is 1. The van der Waals surface area contributed by atoms with Gasteiger partial charge in [0.1, 0.15) is 12.2 Å². The Morgan fingerprint density at radius 2 is 1.90 bits per heavy atom. The zero-order valence-electron chi connectivity index (χ0n) is 15.5. The molecule has 1 aliphatic rings. The standard InChI is InChI=1S/C18H15N7O5/c26-18-14-3-4-23(8-11-1-2-13(24(27)28)5-16(11)25(29)30)9-15(14)21-17(22-18)12-6-19-10-20-7-12/h1-2,5-7,10H,3-4,8-9H2,(H,21,22,26). The molecule has 1 aromatic carbocycles. The van der Waals surface area contributed by atoms with E-state index in [1.54, 1.807) is 12.4 Å². The van der Waals surface area contributed by atoms with Crippen LogP contribution < -0.4 is 5.56 Å². The van der Waals surface area contributed by atoms with Crippen molar-refractivity contribution in [3.05, 3.63) is 84.3 Å². The van der Waals surface area contributed by atoms with Crippen molar-refractivity contribution in [2.75, 3.05) is 6.54 Å². The van der Waals surface area contributed by atoms with Gasteiger partial charge in [0, 0.05) is 49.2 Å². The number of H-pyrrole nitrogens is 1. The van der Waals surface area contributed by atoms with E-state index in [0.717, 1.165) is 6.07 Å².